The van der Waals surface area contributed by atoms with Crippen molar-refractivity contribution in [3.63, 3.8) is 0 Å². The number of rotatable bonds is 4. The van der Waals surface area contributed by atoms with Gasteiger partial charge >= 0.3 is 0 Å². The monoisotopic (exact) mass is 187 g/mol. The van der Waals surface area contributed by atoms with Gasteiger partial charge in [-0.2, -0.15) is 0 Å². The second kappa shape index (κ2) is 4.12. The van der Waals surface area contributed by atoms with Crippen LogP contribution < -0.4 is 4.72 Å². The molecule has 4 nitrogen and oxygen atoms in total. The average Bonchev–Trinajstić information content (AvgIpc) is 1.87. The summed E-state index contributed by atoms with van der Waals surface area (Å²) >= 11 is 5.06. The fraction of sp³-hybridized carbons (Fsp3) is 1.00. The van der Waals surface area contributed by atoms with Crippen LogP contribution in [0.1, 0.15) is 6.92 Å². The van der Waals surface area contributed by atoms with Gasteiger partial charge in [0.2, 0.25) is 10.0 Å². The molecule has 0 saturated heterocycles. The molecule has 2 N–H and O–H groups in total. The summed E-state index contributed by atoms with van der Waals surface area (Å²) in [5.74, 6) is 0. The van der Waals surface area contributed by atoms with E-state index in [4.69, 9.17) is 16.7 Å². The minimum atomic E-state index is -3.38. The summed E-state index contributed by atoms with van der Waals surface area (Å²) in [5.41, 5.74) is 0. The molecule has 0 amide bonds. The van der Waals surface area contributed by atoms with Gasteiger partial charge in [-0.25, -0.2) is 13.1 Å². The molecule has 62 valence electrons. The van der Waals surface area contributed by atoms with Crippen molar-refractivity contribution in [2.45, 2.75) is 13.0 Å². The predicted octanol–water partition coefficient (Wildman–Crippen LogP) is -0.517. The van der Waals surface area contributed by atoms with Crippen LogP contribution in [0.5, 0.6) is 0 Å². The number of hydrogen-bond donors (Lipinski definition) is 2. The lowest BCUT2D eigenvalue weighted by atomic mass is 10.4. The molecule has 0 aliphatic heterocycles. The fourth-order valence-electron chi connectivity index (χ4n) is 0.375. The van der Waals surface area contributed by atoms with Gasteiger partial charge in [0.25, 0.3) is 0 Å². The summed E-state index contributed by atoms with van der Waals surface area (Å²) in [6, 6.07) is -0.469. The number of alkyl halides is 1. The van der Waals surface area contributed by atoms with Crippen molar-refractivity contribution in [1.82, 2.24) is 4.72 Å². The highest BCUT2D eigenvalue weighted by Crippen LogP contribution is 1.90. The molecule has 0 spiro atoms. The third-order valence-corrected chi connectivity index (χ3v) is 2.71. The highest BCUT2D eigenvalue weighted by molar-refractivity contribution is 7.90. The molecule has 0 rings (SSSR count). The van der Waals surface area contributed by atoms with Crippen LogP contribution in [0, 0.1) is 0 Å². The summed E-state index contributed by atoms with van der Waals surface area (Å²) in [6.07, 6.45) is 0. The molecule has 6 heteroatoms. The molecule has 0 unspecified atom stereocenters. The first-order chi connectivity index (χ1) is 4.52. The molecule has 0 aliphatic rings. The van der Waals surface area contributed by atoms with Gasteiger partial charge in [0, 0.05) is 6.04 Å². The van der Waals surface area contributed by atoms with Gasteiger partial charge in [-0.1, -0.05) is 0 Å². The fourth-order valence-corrected chi connectivity index (χ4v) is 1.31. The molecule has 0 aromatic carbocycles. The van der Waals surface area contributed by atoms with Crippen molar-refractivity contribution in [3.05, 3.63) is 0 Å². The molecule has 10 heavy (non-hydrogen) atoms. The molecule has 0 saturated carbocycles. The van der Waals surface area contributed by atoms with E-state index in [9.17, 15) is 8.42 Å². The molecule has 0 bridgehead atoms. The van der Waals surface area contributed by atoms with E-state index in [1.165, 1.54) is 0 Å². The Labute approximate surface area is 65.2 Å². The Kier molecular flexibility index (Phi) is 4.19. The molecule has 0 aromatic heterocycles. The quantitative estimate of drug-likeness (QED) is 0.583. The highest BCUT2D eigenvalue weighted by atomic mass is 35.5. The van der Waals surface area contributed by atoms with Gasteiger partial charge in [0.1, 0.15) is 5.21 Å². The van der Waals surface area contributed by atoms with Crippen molar-refractivity contribution < 1.29 is 13.5 Å². The van der Waals surface area contributed by atoms with Gasteiger partial charge < -0.3 is 5.11 Å². The number of aliphatic hydroxyl groups excluding tert-OH is 1. The smallest absolute Gasteiger partial charge is 0.225 e. The van der Waals surface area contributed by atoms with Crippen LogP contribution in [0.2, 0.25) is 0 Å². The predicted molar refractivity (Wildman–Crippen MR) is 39.3 cm³/mol. The Morgan fingerprint density at radius 1 is 1.70 bits per heavy atom. The second-order valence-electron chi connectivity index (χ2n) is 1.93. The maximum Gasteiger partial charge on any atom is 0.225 e. The molecular formula is C4H10ClNO3S. The topological polar surface area (TPSA) is 66.4 Å². The van der Waals surface area contributed by atoms with Gasteiger partial charge in [-0.05, 0) is 6.92 Å². The van der Waals surface area contributed by atoms with Gasteiger partial charge in [-0.15, -0.1) is 11.6 Å². The lowest BCUT2D eigenvalue weighted by Gasteiger charge is -2.08. The van der Waals surface area contributed by atoms with E-state index in [0.717, 1.165) is 0 Å². The van der Waals surface area contributed by atoms with E-state index >= 15 is 0 Å². The van der Waals surface area contributed by atoms with Gasteiger partial charge in [0.15, 0.2) is 0 Å². The van der Waals surface area contributed by atoms with Crippen molar-refractivity contribution in [1.29, 1.82) is 0 Å². The van der Waals surface area contributed by atoms with E-state index in [1.54, 1.807) is 6.92 Å². The maximum atomic E-state index is 10.6. The molecule has 0 fully saturated rings. The van der Waals surface area contributed by atoms with E-state index in [-0.39, 0.29) is 6.61 Å². The Morgan fingerprint density at radius 3 is 2.50 bits per heavy atom. The third-order valence-electron chi connectivity index (χ3n) is 0.798. The minimum absolute atomic E-state index is 0.226. The lowest BCUT2D eigenvalue weighted by Crippen LogP contribution is -2.35. The minimum Gasteiger partial charge on any atom is -0.395 e. The summed E-state index contributed by atoms with van der Waals surface area (Å²) in [6.45, 7) is 1.32. The van der Waals surface area contributed by atoms with Crippen LogP contribution in [-0.4, -0.2) is 31.4 Å². The molecular weight excluding hydrogens is 178 g/mol. The van der Waals surface area contributed by atoms with Crippen LogP contribution in [0.25, 0.3) is 0 Å². The summed E-state index contributed by atoms with van der Waals surface area (Å²) in [7, 11) is -3.38. The third kappa shape index (κ3) is 4.05. The normalized spacial score (nSPS) is 15.1. The number of halogens is 1. The molecule has 1 atom stereocenters. The Balaban J connectivity index is 3.90. The SMILES string of the molecule is C[C@H](CO)NS(=O)(=O)CCl. The Hall–Kier alpha value is 0.160. The average molecular weight is 188 g/mol. The lowest BCUT2D eigenvalue weighted by molar-refractivity contribution is 0.265. The zero-order valence-electron chi connectivity index (χ0n) is 5.54. The highest BCUT2D eigenvalue weighted by Gasteiger charge is 2.10. The molecule has 0 heterocycles. The zero-order chi connectivity index (χ0) is 8.20. The van der Waals surface area contributed by atoms with E-state index in [2.05, 4.69) is 4.72 Å². The van der Waals surface area contributed by atoms with Crippen molar-refractivity contribution in [2.75, 3.05) is 11.8 Å². The number of sulfonamides is 1. The largest absolute Gasteiger partial charge is 0.395 e. The van der Waals surface area contributed by atoms with Crippen LogP contribution in [0.15, 0.2) is 0 Å². The van der Waals surface area contributed by atoms with Gasteiger partial charge in [0.05, 0.1) is 6.61 Å². The Bertz CT molecular complexity index is 179. The number of hydrogen-bond acceptors (Lipinski definition) is 3. The van der Waals surface area contributed by atoms with Crippen molar-refractivity contribution >= 4 is 21.6 Å². The van der Waals surface area contributed by atoms with Crippen LogP contribution in [-0.2, 0) is 10.0 Å². The standard InChI is InChI=1S/C4H10ClNO3S/c1-4(2-7)6-10(8,9)3-5/h4,6-7H,2-3H2,1H3/t4-/m1/s1. The maximum absolute atomic E-state index is 10.6. The molecule has 0 aliphatic carbocycles. The van der Waals surface area contributed by atoms with E-state index < -0.39 is 21.3 Å². The van der Waals surface area contributed by atoms with Crippen molar-refractivity contribution in [3.8, 4) is 0 Å². The van der Waals surface area contributed by atoms with E-state index in [1.807, 2.05) is 0 Å². The Morgan fingerprint density at radius 2 is 2.20 bits per heavy atom. The van der Waals surface area contributed by atoms with Crippen LogP contribution >= 0.6 is 11.6 Å². The van der Waals surface area contributed by atoms with Crippen LogP contribution in [0.3, 0.4) is 0 Å². The molecule has 0 radical (unpaired) electrons. The zero-order valence-corrected chi connectivity index (χ0v) is 7.11. The summed E-state index contributed by atoms with van der Waals surface area (Å²) < 4.78 is 23.4. The first kappa shape index (κ1) is 10.2. The van der Waals surface area contributed by atoms with E-state index in [0.29, 0.717) is 0 Å². The van der Waals surface area contributed by atoms with Gasteiger partial charge in [-0.3, -0.25) is 0 Å². The summed E-state index contributed by atoms with van der Waals surface area (Å²) in [5, 5.41) is 7.95. The van der Waals surface area contributed by atoms with Crippen LogP contribution in [0.4, 0.5) is 0 Å². The number of aliphatic hydroxyl groups is 1. The first-order valence-electron chi connectivity index (χ1n) is 2.68. The molecule has 0 aromatic rings. The summed E-state index contributed by atoms with van der Waals surface area (Å²) in [4.78, 5) is 0. The second-order valence-corrected chi connectivity index (χ2v) is 4.26. The first-order valence-corrected chi connectivity index (χ1v) is 4.87. The number of nitrogens with one attached hydrogen (secondary N) is 1. The van der Waals surface area contributed by atoms with Crippen molar-refractivity contribution in [2.24, 2.45) is 0 Å².